The van der Waals surface area contributed by atoms with Gasteiger partial charge in [-0.2, -0.15) is 0 Å². The molecule has 3 heterocycles. The Morgan fingerprint density at radius 3 is 2.02 bits per heavy atom. The number of nitrogens with one attached hydrogen (secondary N) is 1. The van der Waals surface area contributed by atoms with Gasteiger partial charge in [-0.05, 0) is 82.4 Å². The van der Waals surface area contributed by atoms with Crippen molar-refractivity contribution in [2.45, 2.75) is 18.9 Å². The molecule has 1 unspecified atom stereocenters. The second kappa shape index (κ2) is 15.6. The summed E-state index contributed by atoms with van der Waals surface area (Å²) in [6.45, 7) is 6.21. The van der Waals surface area contributed by atoms with Crippen LogP contribution in [0.2, 0.25) is 0 Å². The van der Waals surface area contributed by atoms with E-state index in [1.165, 1.54) is 55.3 Å². The first-order valence-corrected chi connectivity index (χ1v) is 21.6. The molecule has 64 heavy (non-hydrogen) atoms. The van der Waals surface area contributed by atoms with Crippen molar-refractivity contribution in [3.63, 3.8) is 0 Å². The van der Waals surface area contributed by atoms with Gasteiger partial charge in [0.1, 0.15) is 17.0 Å². The predicted octanol–water partition coefficient (Wildman–Crippen LogP) is 14.2. The molecule has 1 atom stereocenters. The van der Waals surface area contributed by atoms with Gasteiger partial charge in [0.25, 0.3) is 0 Å². The molecule has 11 aromatic rings. The van der Waals surface area contributed by atoms with Gasteiger partial charge in [0, 0.05) is 32.7 Å². The van der Waals surface area contributed by atoms with E-state index in [1.807, 2.05) is 66.7 Å². The highest BCUT2D eigenvalue weighted by atomic mass is 16.3. The molecule has 2 aliphatic rings. The molecule has 3 N–H and O–H groups in total. The van der Waals surface area contributed by atoms with Crippen molar-refractivity contribution < 1.29 is 4.42 Å². The molecule has 1 aliphatic carbocycles. The fourth-order valence-corrected chi connectivity index (χ4v) is 10.3. The Kier molecular flexibility index (Phi) is 9.40. The molecule has 306 valence electrons. The van der Waals surface area contributed by atoms with Crippen molar-refractivity contribution in [1.29, 1.82) is 5.41 Å². The molecule has 2 aromatic heterocycles. The highest BCUT2D eigenvalue weighted by Crippen LogP contribution is 2.62. The summed E-state index contributed by atoms with van der Waals surface area (Å²) in [6.07, 6.45) is 0. The maximum absolute atomic E-state index is 8.74. The number of hydrogen-bond acceptors (Lipinski definition) is 3. The number of amidine groups is 1. The van der Waals surface area contributed by atoms with Crippen LogP contribution in [-0.2, 0) is 12.0 Å². The SMILES string of the molecule is C=NCc1ccccc1.Cc1ccccc1.N=C(N)c1cccc2c1-c1cc(-c3cccc4c3oc3ccccc34)ccc1C21c2ccccc2-n2c3ccccc3c3cccc1c32. The van der Waals surface area contributed by atoms with Gasteiger partial charge in [0.2, 0.25) is 0 Å². The minimum atomic E-state index is -0.611. The lowest BCUT2D eigenvalue weighted by Crippen LogP contribution is -2.33. The minimum Gasteiger partial charge on any atom is -0.455 e. The molecule has 0 bridgehead atoms. The van der Waals surface area contributed by atoms with E-state index in [0.29, 0.717) is 0 Å². The van der Waals surface area contributed by atoms with Crippen LogP contribution >= 0.6 is 0 Å². The molecule has 0 amide bonds. The monoisotopic (exact) mass is 824 g/mol. The van der Waals surface area contributed by atoms with E-state index >= 15 is 0 Å². The van der Waals surface area contributed by atoms with E-state index in [4.69, 9.17) is 15.6 Å². The number of aromatic nitrogens is 1. The van der Waals surface area contributed by atoms with E-state index in [1.54, 1.807) is 0 Å². The standard InChI is InChI=1S/C44H27N3O.C8H9N.C7H8/c45-43(46)31-15-9-17-35-40(31)32-24-25(26-12-7-14-30-28-11-2-6-21-39(28)48-42(26)30)22-23-33(32)44(35)34-16-3-5-20-38(34)47-37-19-4-1-10-27(37)29-13-8-18-36(44)41(29)47;1-9-7-8-5-3-2-4-6-8;1-7-5-3-2-4-6-7/h1-24H,(H3,45,46);2-6H,1,7H2;2-6H,1H3. The van der Waals surface area contributed by atoms with Crippen molar-refractivity contribution >= 4 is 56.3 Å². The molecule has 0 fully saturated rings. The summed E-state index contributed by atoms with van der Waals surface area (Å²) in [6, 6.07) is 72.4. The minimum absolute atomic E-state index is 0.0658. The maximum atomic E-state index is 8.74. The van der Waals surface area contributed by atoms with Gasteiger partial charge in [0.15, 0.2) is 0 Å². The van der Waals surface area contributed by atoms with E-state index in [-0.39, 0.29) is 5.84 Å². The first kappa shape index (κ1) is 38.6. The molecule has 9 aromatic carbocycles. The van der Waals surface area contributed by atoms with Gasteiger partial charge in [0.05, 0.1) is 28.7 Å². The van der Waals surface area contributed by atoms with E-state index in [0.717, 1.165) is 61.9 Å². The van der Waals surface area contributed by atoms with Crippen LogP contribution in [0.1, 0.15) is 38.9 Å². The second-order valence-electron chi connectivity index (χ2n) is 16.5. The number of aryl methyl sites for hydroxylation is 1. The lowest BCUT2D eigenvalue weighted by atomic mass is 9.65. The molecular weight excluding hydrogens is 781 g/mol. The number of furan rings is 1. The highest BCUT2D eigenvalue weighted by molar-refractivity contribution is 6.14. The first-order chi connectivity index (χ1) is 31.5. The van der Waals surface area contributed by atoms with Gasteiger partial charge in [-0.3, -0.25) is 10.4 Å². The Hall–Kier alpha value is -8.28. The van der Waals surface area contributed by atoms with Crippen LogP contribution in [0.3, 0.4) is 0 Å². The Morgan fingerprint density at radius 2 is 1.23 bits per heavy atom. The molecule has 5 heteroatoms. The smallest absolute Gasteiger partial charge is 0.143 e. The van der Waals surface area contributed by atoms with Crippen molar-refractivity contribution in [3.05, 3.63) is 245 Å². The van der Waals surface area contributed by atoms with Crippen LogP contribution in [0.15, 0.2) is 216 Å². The third kappa shape index (κ3) is 5.93. The number of nitrogens with two attached hydrogens (primary N) is 1. The van der Waals surface area contributed by atoms with E-state index < -0.39 is 5.41 Å². The maximum Gasteiger partial charge on any atom is 0.143 e. The zero-order chi connectivity index (χ0) is 43.4. The highest BCUT2D eigenvalue weighted by Gasteiger charge is 2.51. The number of aliphatic imine (C=N–C) groups is 1. The Balaban J connectivity index is 0.000000241. The number of fused-ring (bicyclic) bond motifs is 15. The van der Waals surface area contributed by atoms with Crippen molar-refractivity contribution in [2.24, 2.45) is 10.7 Å². The van der Waals surface area contributed by atoms with E-state index in [2.05, 4.69) is 163 Å². The van der Waals surface area contributed by atoms with Crippen molar-refractivity contribution in [2.75, 3.05) is 0 Å². The van der Waals surface area contributed by atoms with Crippen LogP contribution in [0.4, 0.5) is 0 Å². The summed E-state index contributed by atoms with van der Waals surface area (Å²) in [5.41, 5.74) is 23.5. The number of nitrogens with zero attached hydrogens (tertiary/aromatic N) is 2. The summed E-state index contributed by atoms with van der Waals surface area (Å²) in [7, 11) is 0. The zero-order valence-corrected chi connectivity index (χ0v) is 35.4. The lowest BCUT2D eigenvalue weighted by molar-refractivity contribution is 0.670. The van der Waals surface area contributed by atoms with Crippen LogP contribution < -0.4 is 5.73 Å². The molecule has 1 spiro atoms. The summed E-state index contributed by atoms with van der Waals surface area (Å²) in [4.78, 5) is 3.76. The molecule has 0 saturated heterocycles. The van der Waals surface area contributed by atoms with Crippen LogP contribution in [0.5, 0.6) is 0 Å². The largest absolute Gasteiger partial charge is 0.455 e. The van der Waals surface area contributed by atoms with Crippen molar-refractivity contribution in [1.82, 2.24) is 4.57 Å². The number of hydrogen-bond donors (Lipinski definition) is 2. The van der Waals surface area contributed by atoms with Crippen molar-refractivity contribution in [3.8, 4) is 27.9 Å². The molecular formula is C59H44N4O. The number of benzene rings is 9. The average Bonchev–Trinajstić information content (AvgIpc) is 3.99. The zero-order valence-electron chi connectivity index (χ0n) is 35.4. The fraction of sp³-hybridized carbons (Fsp3) is 0.0508. The summed E-state index contributed by atoms with van der Waals surface area (Å²) < 4.78 is 8.94. The van der Waals surface area contributed by atoms with Crippen LogP contribution in [-0.4, -0.2) is 17.1 Å². The second-order valence-corrected chi connectivity index (χ2v) is 16.5. The van der Waals surface area contributed by atoms with Gasteiger partial charge < -0.3 is 14.7 Å². The van der Waals surface area contributed by atoms with E-state index in [9.17, 15) is 0 Å². The normalized spacial score (nSPS) is 14.0. The fourth-order valence-electron chi connectivity index (χ4n) is 10.3. The van der Waals surface area contributed by atoms with Crippen LogP contribution in [0, 0.1) is 12.3 Å². The van der Waals surface area contributed by atoms with Crippen LogP contribution in [0.25, 0.3) is 71.7 Å². The summed E-state index contributed by atoms with van der Waals surface area (Å²) in [5.74, 6) is 0.0658. The summed E-state index contributed by atoms with van der Waals surface area (Å²) >= 11 is 0. The third-order valence-electron chi connectivity index (χ3n) is 12.9. The molecule has 1 aliphatic heterocycles. The first-order valence-electron chi connectivity index (χ1n) is 21.6. The molecule has 5 nitrogen and oxygen atoms in total. The Bertz CT molecular complexity index is 3600. The topological polar surface area (TPSA) is 80.3 Å². The lowest BCUT2D eigenvalue weighted by Gasteiger charge is -2.39. The van der Waals surface area contributed by atoms with Gasteiger partial charge in [-0.1, -0.05) is 188 Å². The number of rotatable bonds is 4. The molecule has 0 radical (unpaired) electrons. The van der Waals surface area contributed by atoms with Gasteiger partial charge in [-0.15, -0.1) is 0 Å². The van der Waals surface area contributed by atoms with Gasteiger partial charge in [-0.25, -0.2) is 0 Å². The number of nitrogen functional groups attached to an aromatic ring is 1. The summed E-state index contributed by atoms with van der Waals surface area (Å²) in [5, 5.41) is 13.4. The Labute approximate surface area is 371 Å². The predicted molar refractivity (Wildman–Crippen MR) is 266 cm³/mol. The quantitative estimate of drug-likeness (QED) is 0.137. The average molecular weight is 825 g/mol. The number of para-hydroxylation sites is 5. The Morgan fingerprint density at radius 1 is 0.594 bits per heavy atom. The molecule has 0 saturated carbocycles. The molecule has 13 rings (SSSR count). The third-order valence-corrected chi connectivity index (χ3v) is 12.9. The van der Waals surface area contributed by atoms with Gasteiger partial charge >= 0.3 is 0 Å².